The predicted molar refractivity (Wildman–Crippen MR) is 46.0 cm³/mol. The van der Waals surface area contributed by atoms with E-state index in [1.54, 1.807) is 13.8 Å². The normalized spacial score (nSPS) is 14.8. The van der Waals surface area contributed by atoms with Crippen LogP contribution >= 0.6 is 0 Å². The van der Waals surface area contributed by atoms with Gasteiger partial charge in [-0.3, -0.25) is 0 Å². The highest BCUT2D eigenvalue weighted by atomic mass is 32.2. The molecule has 1 atom stereocenters. The third-order valence-corrected chi connectivity index (χ3v) is 2.48. The number of nitrogens with one attached hydrogen (secondary N) is 1. The Bertz CT molecular complexity index is 240. The molecule has 0 aliphatic heterocycles. The van der Waals surface area contributed by atoms with Gasteiger partial charge in [0.25, 0.3) is 0 Å². The number of amides is 1. The molecule has 0 aromatic heterocycles. The van der Waals surface area contributed by atoms with Gasteiger partial charge in [0.05, 0.1) is 6.61 Å². The molecule has 0 aliphatic rings. The topological polar surface area (TPSA) is 55.4 Å². The van der Waals surface area contributed by atoms with E-state index >= 15 is 0 Å². The lowest BCUT2D eigenvalue weighted by Crippen LogP contribution is -2.30. The summed E-state index contributed by atoms with van der Waals surface area (Å²) < 4.78 is 17.9. The number of hydrogen-bond donors (Lipinski definition) is 1. The first kappa shape index (κ1) is 10.3. The van der Waals surface area contributed by atoms with Crippen molar-refractivity contribution >= 4 is 21.2 Å². The van der Waals surface area contributed by atoms with Crippen LogP contribution in [0.25, 0.3) is 0 Å². The third kappa shape index (κ3) is 4.66. The second-order valence-electron chi connectivity index (χ2n) is 1.96. The van der Waals surface area contributed by atoms with E-state index in [1.807, 2.05) is 0 Å². The van der Waals surface area contributed by atoms with Crippen molar-refractivity contribution in [1.29, 1.82) is 0 Å². The Kier molecular flexibility index (Phi) is 3.95. The second kappa shape index (κ2) is 4.23. The first-order valence-corrected chi connectivity index (χ1v) is 5.28. The predicted octanol–water partition coefficient (Wildman–Crippen LogP) is 0.384. The van der Waals surface area contributed by atoms with E-state index in [1.165, 1.54) is 11.6 Å². The van der Waals surface area contributed by atoms with Crippen LogP contribution < -0.4 is 4.72 Å². The zero-order valence-electron chi connectivity index (χ0n) is 6.92. The smallest absolute Gasteiger partial charge is 0.418 e. The van der Waals surface area contributed by atoms with Crippen LogP contribution in [0.3, 0.4) is 0 Å². The van der Waals surface area contributed by atoms with Gasteiger partial charge in [0.15, 0.2) is 0 Å². The molecule has 66 valence electrons. The van der Waals surface area contributed by atoms with Gasteiger partial charge in [-0.25, -0.2) is 13.7 Å². The molecule has 0 spiro atoms. The molecule has 0 fully saturated rings. The number of ether oxygens (including phenoxy) is 1. The lowest BCUT2D eigenvalue weighted by molar-refractivity contribution is 0.159. The fourth-order valence-corrected chi connectivity index (χ4v) is 0.893. The van der Waals surface area contributed by atoms with Crippen LogP contribution in [0.4, 0.5) is 4.79 Å². The zero-order valence-corrected chi connectivity index (χ0v) is 7.73. The maximum Gasteiger partial charge on any atom is 0.418 e. The van der Waals surface area contributed by atoms with Crippen molar-refractivity contribution in [3.8, 4) is 0 Å². The number of carbonyl (C=O) groups excluding carboxylic acids is 1. The minimum absolute atomic E-state index is 0.283. The molecule has 0 aliphatic carbocycles. The largest absolute Gasteiger partial charge is 0.449 e. The molecule has 0 aromatic rings. The number of hydrogen-bond acceptors (Lipinski definition) is 3. The summed E-state index contributed by atoms with van der Waals surface area (Å²) in [5.41, 5.74) is 0. The first-order valence-electron chi connectivity index (χ1n) is 3.25. The average molecular weight is 179 g/mol. The fourth-order valence-electron chi connectivity index (χ4n) is 0.385. The van der Waals surface area contributed by atoms with Crippen LogP contribution in [-0.4, -0.2) is 28.5 Å². The van der Waals surface area contributed by atoms with Crippen LogP contribution in [-0.2, 0) is 14.4 Å². The zero-order chi connectivity index (χ0) is 8.91. The van der Waals surface area contributed by atoms with Gasteiger partial charge >= 0.3 is 6.09 Å². The summed E-state index contributed by atoms with van der Waals surface area (Å²) in [5.74, 6) is 0. The maximum atomic E-state index is 11.2. The van der Waals surface area contributed by atoms with E-state index in [0.29, 0.717) is 0 Å². The SMILES string of the molecule is CC=S(C)(=O)NC(=O)OCC. The van der Waals surface area contributed by atoms with Crippen LogP contribution in [0.5, 0.6) is 0 Å². The third-order valence-electron chi connectivity index (χ3n) is 1.01. The Hall–Kier alpha value is -0.710. The van der Waals surface area contributed by atoms with E-state index < -0.39 is 15.8 Å². The molecule has 11 heavy (non-hydrogen) atoms. The van der Waals surface area contributed by atoms with Crippen molar-refractivity contribution in [2.75, 3.05) is 12.9 Å². The molecule has 4 nitrogen and oxygen atoms in total. The highest BCUT2D eigenvalue weighted by Gasteiger charge is 2.03. The van der Waals surface area contributed by atoms with E-state index in [-0.39, 0.29) is 6.61 Å². The molecule has 0 rings (SSSR count). The van der Waals surface area contributed by atoms with Gasteiger partial charge in [-0.2, -0.15) is 0 Å². The van der Waals surface area contributed by atoms with Gasteiger partial charge in [-0.15, -0.1) is 0 Å². The molecule has 1 amide bonds. The summed E-state index contributed by atoms with van der Waals surface area (Å²) in [6.07, 6.45) is 0.794. The molecular weight excluding hydrogens is 166 g/mol. The van der Waals surface area contributed by atoms with Gasteiger partial charge in [0.2, 0.25) is 0 Å². The van der Waals surface area contributed by atoms with Crippen molar-refractivity contribution < 1.29 is 13.7 Å². The Labute approximate surface area is 67.1 Å². The molecule has 1 N–H and O–H groups in total. The minimum atomic E-state index is -2.34. The molecule has 0 aromatic carbocycles. The fraction of sp³-hybridized carbons (Fsp3) is 0.667. The summed E-state index contributed by atoms with van der Waals surface area (Å²) in [6.45, 7) is 3.59. The summed E-state index contributed by atoms with van der Waals surface area (Å²) in [6, 6.07) is 0. The van der Waals surface area contributed by atoms with Gasteiger partial charge in [-0.1, -0.05) is 0 Å². The molecule has 0 radical (unpaired) electrons. The van der Waals surface area contributed by atoms with Crippen molar-refractivity contribution in [2.45, 2.75) is 13.8 Å². The molecule has 0 saturated heterocycles. The van der Waals surface area contributed by atoms with Crippen LogP contribution in [0.15, 0.2) is 0 Å². The Morgan fingerprint density at radius 1 is 1.73 bits per heavy atom. The summed E-state index contributed by atoms with van der Waals surface area (Å²) in [4.78, 5) is 10.7. The number of carbonyl (C=O) groups is 1. The van der Waals surface area contributed by atoms with Crippen molar-refractivity contribution in [2.24, 2.45) is 0 Å². The summed E-state index contributed by atoms with van der Waals surface area (Å²) >= 11 is 0. The van der Waals surface area contributed by atoms with Crippen molar-refractivity contribution in [3.63, 3.8) is 0 Å². The lowest BCUT2D eigenvalue weighted by Gasteiger charge is -2.05. The van der Waals surface area contributed by atoms with Crippen LogP contribution in [0.1, 0.15) is 13.8 Å². The molecule has 0 saturated carbocycles. The summed E-state index contributed by atoms with van der Waals surface area (Å²) in [5, 5.41) is 1.43. The quantitative estimate of drug-likeness (QED) is 0.624. The van der Waals surface area contributed by atoms with Gasteiger partial charge < -0.3 is 4.74 Å². The molecule has 5 heteroatoms. The average Bonchev–Trinajstić information content (AvgIpc) is 1.87. The lowest BCUT2D eigenvalue weighted by atomic mass is 10.9. The van der Waals surface area contributed by atoms with Gasteiger partial charge in [-0.05, 0) is 19.2 Å². The minimum Gasteiger partial charge on any atom is -0.449 e. The van der Waals surface area contributed by atoms with Crippen LogP contribution in [0, 0.1) is 0 Å². The van der Waals surface area contributed by atoms with E-state index in [2.05, 4.69) is 9.46 Å². The van der Waals surface area contributed by atoms with Crippen molar-refractivity contribution in [3.05, 3.63) is 0 Å². The van der Waals surface area contributed by atoms with E-state index in [0.717, 1.165) is 0 Å². The Balaban J connectivity index is 4.07. The van der Waals surface area contributed by atoms with E-state index in [9.17, 15) is 9.00 Å². The van der Waals surface area contributed by atoms with Gasteiger partial charge in [0, 0.05) is 16.0 Å². The maximum absolute atomic E-state index is 11.2. The second-order valence-corrected chi connectivity index (χ2v) is 4.45. The molecule has 0 bridgehead atoms. The van der Waals surface area contributed by atoms with Crippen LogP contribution in [0.2, 0.25) is 0 Å². The van der Waals surface area contributed by atoms with Gasteiger partial charge in [0.1, 0.15) is 0 Å². The number of rotatable bonds is 2. The highest BCUT2D eigenvalue weighted by molar-refractivity contribution is 7.99. The molecule has 1 unspecified atom stereocenters. The standard InChI is InChI=1S/C6H13NO3S/c1-4-10-6(8)7-11(3,9)5-2/h5H,4H2,1-3H3,(H,7,8,9). The Morgan fingerprint density at radius 2 is 2.27 bits per heavy atom. The summed E-state index contributed by atoms with van der Waals surface area (Å²) in [7, 11) is -2.34. The Morgan fingerprint density at radius 3 is 2.64 bits per heavy atom. The molecular formula is C6H13NO3S. The van der Waals surface area contributed by atoms with Crippen molar-refractivity contribution in [1.82, 2.24) is 4.72 Å². The molecule has 0 heterocycles. The van der Waals surface area contributed by atoms with E-state index in [4.69, 9.17) is 0 Å². The first-order chi connectivity index (χ1) is 5.02. The monoisotopic (exact) mass is 179 g/mol. The highest BCUT2D eigenvalue weighted by Crippen LogP contribution is 1.81.